The summed E-state index contributed by atoms with van der Waals surface area (Å²) in [6.07, 6.45) is 5.65. The molecule has 4 heteroatoms. The van der Waals surface area contributed by atoms with E-state index in [4.69, 9.17) is 0 Å². The highest BCUT2D eigenvalue weighted by Gasteiger charge is 2.26. The molecule has 164 valence electrons. The summed E-state index contributed by atoms with van der Waals surface area (Å²) in [4.78, 5) is 0. The molecular weight excluding hydrogens is 375 g/mol. The number of hydrogen-bond donors (Lipinski definition) is 1. The summed E-state index contributed by atoms with van der Waals surface area (Å²) in [5, 5.41) is 3.22. The Morgan fingerprint density at radius 2 is 1.87 bits per heavy atom. The summed E-state index contributed by atoms with van der Waals surface area (Å²) < 4.78 is 26.5. The van der Waals surface area contributed by atoms with Crippen LogP contribution in [0.5, 0.6) is 0 Å². The SMILES string of the molecule is C=C(CC(C)(F)F)NC1BCc2c(cccc2C(=C)CCCC(=C)C(C)(C)CC)C1. The van der Waals surface area contributed by atoms with Crippen molar-refractivity contribution in [1.82, 2.24) is 5.32 Å². The second kappa shape index (κ2) is 9.98. The van der Waals surface area contributed by atoms with Gasteiger partial charge in [0.15, 0.2) is 7.28 Å². The zero-order valence-electron chi connectivity index (χ0n) is 19.3. The molecular formula is C26H38BF2N. The highest BCUT2D eigenvalue weighted by molar-refractivity contribution is 6.38. The van der Waals surface area contributed by atoms with Crippen molar-refractivity contribution >= 4 is 12.9 Å². The number of alkyl halides is 2. The lowest BCUT2D eigenvalue weighted by Crippen LogP contribution is -2.41. The molecule has 1 unspecified atom stereocenters. The van der Waals surface area contributed by atoms with Crippen molar-refractivity contribution in [1.29, 1.82) is 0 Å². The van der Waals surface area contributed by atoms with E-state index in [1.54, 1.807) is 0 Å². The second-order valence-corrected chi connectivity index (χ2v) is 9.68. The van der Waals surface area contributed by atoms with Crippen molar-refractivity contribution in [2.75, 3.05) is 0 Å². The van der Waals surface area contributed by atoms with E-state index in [1.165, 1.54) is 27.8 Å². The van der Waals surface area contributed by atoms with Crippen LogP contribution >= 0.6 is 0 Å². The van der Waals surface area contributed by atoms with Crippen LogP contribution in [0.15, 0.2) is 49.2 Å². The maximum atomic E-state index is 13.2. The molecule has 0 aromatic heterocycles. The van der Waals surface area contributed by atoms with E-state index in [-0.39, 0.29) is 17.8 Å². The van der Waals surface area contributed by atoms with Gasteiger partial charge in [0, 0.05) is 11.6 Å². The van der Waals surface area contributed by atoms with E-state index in [1.807, 2.05) is 0 Å². The Kier molecular flexibility index (Phi) is 8.13. The van der Waals surface area contributed by atoms with Gasteiger partial charge in [-0.3, -0.25) is 0 Å². The molecule has 1 aromatic rings. The number of halogens is 2. The minimum absolute atomic E-state index is 0.162. The molecule has 0 spiro atoms. The number of fused-ring (bicyclic) bond motifs is 1. The Bertz CT molecular complexity index is 789. The van der Waals surface area contributed by atoms with Crippen LogP contribution in [0, 0.1) is 5.41 Å². The summed E-state index contributed by atoms with van der Waals surface area (Å²) in [6.45, 7) is 20.1. The average molecular weight is 413 g/mol. The molecule has 1 N–H and O–H groups in total. The Morgan fingerprint density at radius 1 is 1.17 bits per heavy atom. The Balaban J connectivity index is 1.96. The van der Waals surface area contributed by atoms with Crippen LogP contribution in [0.4, 0.5) is 8.78 Å². The lowest BCUT2D eigenvalue weighted by molar-refractivity contribution is 0.0211. The molecule has 1 aliphatic heterocycles. The van der Waals surface area contributed by atoms with E-state index in [2.05, 4.69) is 64.0 Å². The third kappa shape index (κ3) is 6.85. The van der Waals surface area contributed by atoms with Gasteiger partial charge in [0.25, 0.3) is 5.92 Å². The fraction of sp³-hybridized carbons (Fsp3) is 0.538. The molecule has 1 aromatic carbocycles. The van der Waals surface area contributed by atoms with Crippen LogP contribution in [0.25, 0.3) is 5.57 Å². The minimum Gasteiger partial charge on any atom is -0.393 e. The zero-order chi connectivity index (χ0) is 22.5. The van der Waals surface area contributed by atoms with Crippen molar-refractivity contribution in [3.05, 3.63) is 65.9 Å². The zero-order valence-corrected chi connectivity index (χ0v) is 19.3. The minimum atomic E-state index is -2.72. The van der Waals surface area contributed by atoms with E-state index < -0.39 is 5.92 Å². The van der Waals surface area contributed by atoms with E-state index in [0.717, 1.165) is 52.6 Å². The number of rotatable bonds is 11. The van der Waals surface area contributed by atoms with Gasteiger partial charge in [-0.1, -0.05) is 64.3 Å². The summed E-state index contributed by atoms with van der Waals surface area (Å²) in [5.41, 5.74) is 7.07. The molecule has 0 saturated carbocycles. The highest BCUT2D eigenvalue weighted by atomic mass is 19.3. The molecule has 1 atom stereocenters. The summed E-state index contributed by atoms with van der Waals surface area (Å²) in [7, 11) is 0.924. The van der Waals surface area contributed by atoms with E-state index in [9.17, 15) is 8.78 Å². The molecule has 30 heavy (non-hydrogen) atoms. The Hall–Kier alpha value is -1.84. The van der Waals surface area contributed by atoms with Crippen LogP contribution < -0.4 is 5.32 Å². The monoisotopic (exact) mass is 413 g/mol. The smallest absolute Gasteiger partial charge is 0.250 e. The topological polar surface area (TPSA) is 12.0 Å². The Labute approximate surface area is 183 Å². The fourth-order valence-electron chi connectivity index (χ4n) is 4.21. The number of hydrogen-bond acceptors (Lipinski definition) is 1. The van der Waals surface area contributed by atoms with Crippen molar-refractivity contribution in [3.63, 3.8) is 0 Å². The first-order chi connectivity index (χ1) is 13.9. The molecule has 1 nitrogen and oxygen atoms in total. The van der Waals surface area contributed by atoms with Crippen LogP contribution in [-0.4, -0.2) is 19.1 Å². The van der Waals surface area contributed by atoms with E-state index in [0.29, 0.717) is 5.70 Å². The first kappa shape index (κ1) is 24.4. The van der Waals surface area contributed by atoms with Gasteiger partial charge in [0.2, 0.25) is 0 Å². The summed E-state index contributed by atoms with van der Waals surface area (Å²) in [5.74, 6) is -2.56. The maximum Gasteiger partial charge on any atom is 0.250 e. The van der Waals surface area contributed by atoms with Gasteiger partial charge in [-0.15, -0.1) is 0 Å². The van der Waals surface area contributed by atoms with Gasteiger partial charge in [0.05, 0.1) is 6.42 Å². The molecule has 0 amide bonds. The van der Waals surface area contributed by atoms with Gasteiger partial charge in [-0.05, 0) is 73.0 Å². The van der Waals surface area contributed by atoms with Crippen LogP contribution in [0.2, 0.25) is 0 Å². The largest absolute Gasteiger partial charge is 0.393 e. The molecule has 0 saturated heterocycles. The van der Waals surface area contributed by atoms with Gasteiger partial charge >= 0.3 is 0 Å². The Morgan fingerprint density at radius 3 is 2.50 bits per heavy atom. The normalized spacial score (nSPS) is 16.4. The third-order valence-corrected chi connectivity index (χ3v) is 6.59. The average Bonchev–Trinajstić information content (AvgIpc) is 2.65. The van der Waals surface area contributed by atoms with Crippen molar-refractivity contribution in [3.8, 4) is 0 Å². The van der Waals surface area contributed by atoms with Crippen LogP contribution in [-0.2, 0) is 12.7 Å². The molecule has 2 rings (SSSR count). The fourth-order valence-corrected chi connectivity index (χ4v) is 4.21. The predicted octanol–water partition coefficient (Wildman–Crippen LogP) is 6.83. The molecule has 0 radical (unpaired) electrons. The summed E-state index contributed by atoms with van der Waals surface area (Å²) >= 11 is 0. The lowest BCUT2D eigenvalue weighted by atomic mass is 9.57. The van der Waals surface area contributed by atoms with Gasteiger partial charge in [0.1, 0.15) is 0 Å². The van der Waals surface area contributed by atoms with Gasteiger partial charge < -0.3 is 5.32 Å². The third-order valence-electron chi connectivity index (χ3n) is 6.59. The number of nitrogens with one attached hydrogen (secondary N) is 1. The van der Waals surface area contributed by atoms with Crippen molar-refractivity contribution in [2.24, 2.45) is 5.41 Å². The molecule has 1 heterocycles. The standard InChI is InChI=1S/C26H38BF2N/c1-8-25(5,6)19(3)12-9-11-18(2)22-14-10-13-21-15-24(27-17-23(21)22)30-20(4)16-26(7,28)29/h10,13-14,24,27,30H,2-4,8-9,11-12,15-17H2,1,5-7H3. The first-order valence-electron chi connectivity index (χ1n) is 11.2. The lowest BCUT2D eigenvalue weighted by Gasteiger charge is -2.29. The number of allylic oxidation sites excluding steroid dienone is 3. The summed E-state index contributed by atoms with van der Waals surface area (Å²) in [6, 6.07) is 6.43. The maximum absolute atomic E-state index is 13.2. The van der Waals surface area contributed by atoms with Crippen molar-refractivity contribution < 1.29 is 8.78 Å². The first-order valence-corrected chi connectivity index (χ1v) is 11.2. The second-order valence-electron chi connectivity index (χ2n) is 9.68. The van der Waals surface area contributed by atoms with Gasteiger partial charge in [-0.25, -0.2) is 8.78 Å². The molecule has 0 fully saturated rings. The number of benzene rings is 1. The van der Waals surface area contributed by atoms with Crippen LogP contribution in [0.3, 0.4) is 0 Å². The quantitative estimate of drug-likeness (QED) is 0.310. The highest BCUT2D eigenvalue weighted by Crippen LogP contribution is 2.34. The van der Waals surface area contributed by atoms with E-state index >= 15 is 0 Å². The van der Waals surface area contributed by atoms with Gasteiger partial charge in [-0.2, -0.15) is 0 Å². The predicted molar refractivity (Wildman–Crippen MR) is 128 cm³/mol. The molecule has 0 aliphatic carbocycles. The van der Waals surface area contributed by atoms with Crippen molar-refractivity contribution in [2.45, 2.75) is 84.4 Å². The molecule has 1 aliphatic rings. The molecule has 0 bridgehead atoms. The van der Waals surface area contributed by atoms with Crippen LogP contribution in [0.1, 0.15) is 76.5 Å².